The van der Waals surface area contributed by atoms with Gasteiger partial charge in [-0.05, 0) is 42.9 Å². The molecule has 4 aliphatic rings. The first-order valence-corrected chi connectivity index (χ1v) is 13.5. The minimum atomic E-state index is -1.99. The first-order valence-electron chi connectivity index (χ1n) is 12.8. The molecule has 40 heavy (non-hydrogen) atoms. The number of carbonyl (C=O) groups excluding carboxylic acids is 4. The minimum absolute atomic E-state index is 0.0352. The summed E-state index contributed by atoms with van der Waals surface area (Å²) in [5.41, 5.74) is 0.944. The number of phenols is 1. The molecule has 214 valence electrons. The first kappa shape index (κ1) is 28.2. The van der Waals surface area contributed by atoms with Crippen LogP contribution in [0.3, 0.4) is 0 Å². The molecule has 6 unspecified atom stereocenters. The Kier molecular flexibility index (Phi) is 6.81. The zero-order chi connectivity index (χ0) is 29.3. The number of carboxylic acid groups (broad SMARTS) is 1. The fraction of sp³-hybridized carbons (Fsp3) is 0.519. The second-order valence-corrected chi connectivity index (χ2v) is 11.8. The Morgan fingerprint density at radius 3 is 2.25 bits per heavy atom. The maximum Gasteiger partial charge on any atom is 0.303 e. The van der Waals surface area contributed by atoms with Crippen LogP contribution < -0.4 is 9.47 Å². The summed E-state index contributed by atoms with van der Waals surface area (Å²) >= 11 is 14.3. The van der Waals surface area contributed by atoms with Gasteiger partial charge in [-0.1, -0.05) is 11.6 Å². The van der Waals surface area contributed by atoms with Crippen LogP contribution in [0.2, 0.25) is 0 Å². The molecule has 13 heteroatoms. The minimum Gasteiger partial charge on any atom is -0.502 e. The van der Waals surface area contributed by atoms with E-state index in [1.807, 2.05) is 0 Å². The van der Waals surface area contributed by atoms with Gasteiger partial charge >= 0.3 is 5.97 Å². The number of carboxylic acids is 1. The Balaban J connectivity index is 1.66. The first-order chi connectivity index (χ1) is 18.8. The average molecular weight is 595 g/mol. The Labute approximate surface area is 239 Å². The zero-order valence-corrected chi connectivity index (χ0v) is 23.5. The lowest BCUT2D eigenvalue weighted by Crippen LogP contribution is -2.60. The van der Waals surface area contributed by atoms with Crippen LogP contribution in [0, 0.1) is 17.8 Å². The number of benzene rings is 1. The van der Waals surface area contributed by atoms with Crippen LogP contribution in [0.15, 0.2) is 23.8 Å². The summed E-state index contributed by atoms with van der Waals surface area (Å²) in [5, 5.41) is 19.5. The van der Waals surface area contributed by atoms with Crippen molar-refractivity contribution in [2.75, 3.05) is 27.8 Å². The monoisotopic (exact) mass is 594 g/mol. The van der Waals surface area contributed by atoms with Gasteiger partial charge in [-0.15, -0.1) is 23.2 Å². The lowest BCUT2D eigenvalue weighted by Gasteiger charge is -2.50. The number of hydrogen-bond acceptors (Lipinski definition) is 8. The van der Waals surface area contributed by atoms with Crippen molar-refractivity contribution >= 4 is 52.8 Å². The van der Waals surface area contributed by atoms with E-state index in [1.165, 1.54) is 33.4 Å². The van der Waals surface area contributed by atoms with Crippen LogP contribution in [0.25, 0.3) is 0 Å². The maximum atomic E-state index is 13.7. The summed E-state index contributed by atoms with van der Waals surface area (Å²) < 4.78 is 10.7. The number of halogens is 2. The molecular formula is C27H28Cl2N2O9. The topological polar surface area (TPSA) is 151 Å². The second-order valence-electron chi connectivity index (χ2n) is 10.6. The van der Waals surface area contributed by atoms with Gasteiger partial charge < -0.3 is 19.7 Å². The summed E-state index contributed by atoms with van der Waals surface area (Å²) in [6, 6.07) is 2.96. The molecule has 11 nitrogen and oxygen atoms in total. The molecule has 2 aliphatic heterocycles. The molecule has 2 saturated heterocycles. The fourth-order valence-corrected chi connectivity index (χ4v) is 7.89. The number of aromatic hydroxyl groups is 1. The largest absolute Gasteiger partial charge is 0.502 e. The molecule has 2 heterocycles. The van der Waals surface area contributed by atoms with Gasteiger partial charge in [-0.25, -0.2) is 0 Å². The molecule has 6 atom stereocenters. The van der Waals surface area contributed by atoms with Gasteiger partial charge in [0.1, 0.15) is 0 Å². The van der Waals surface area contributed by atoms with Crippen molar-refractivity contribution in [2.24, 2.45) is 17.8 Å². The molecule has 0 radical (unpaired) electrons. The number of ether oxygens (including phenoxy) is 2. The standard InChI is InChI=1S/C27H28Cl2N2O9/c1-30-24(37)26(28)11-15-13(6-7-14-19(15)23(36)31(22(14)35)8-4-5-18(32)33)20(27(26,29)25(30)38)12-9-16(39-2)21(34)17(10-12)40-3/h6,9-10,14-15,19-20,34H,4-5,7-8,11H2,1-3H3,(H,32,33). The van der Waals surface area contributed by atoms with E-state index in [9.17, 15) is 29.1 Å². The van der Waals surface area contributed by atoms with Gasteiger partial charge in [-0.3, -0.25) is 33.8 Å². The summed E-state index contributed by atoms with van der Waals surface area (Å²) in [6.07, 6.45) is 1.71. The zero-order valence-electron chi connectivity index (χ0n) is 22.0. The summed E-state index contributed by atoms with van der Waals surface area (Å²) in [7, 11) is 3.98. The number of imide groups is 2. The third-order valence-electron chi connectivity index (χ3n) is 8.71. The summed E-state index contributed by atoms with van der Waals surface area (Å²) in [4.78, 5) is 63.1. The quantitative estimate of drug-likeness (QED) is 0.275. The molecule has 1 aromatic rings. The van der Waals surface area contributed by atoms with Crippen molar-refractivity contribution < 1.29 is 43.7 Å². The normalized spacial score (nSPS) is 33.0. The van der Waals surface area contributed by atoms with Gasteiger partial charge in [-0.2, -0.15) is 0 Å². The highest BCUT2D eigenvalue weighted by Gasteiger charge is 2.75. The van der Waals surface area contributed by atoms with Crippen molar-refractivity contribution in [2.45, 2.75) is 41.3 Å². The van der Waals surface area contributed by atoms with Gasteiger partial charge in [0, 0.05) is 25.9 Å². The van der Waals surface area contributed by atoms with E-state index in [0.29, 0.717) is 11.1 Å². The number of aliphatic carboxylic acids is 1. The number of nitrogens with zero attached hydrogens (tertiary/aromatic N) is 2. The van der Waals surface area contributed by atoms with E-state index >= 15 is 0 Å². The van der Waals surface area contributed by atoms with Crippen molar-refractivity contribution in [1.82, 2.24) is 9.80 Å². The van der Waals surface area contributed by atoms with Crippen LogP contribution in [-0.2, 0) is 24.0 Å². The predicted molar refractivity (Wildman–Crippen MR) is 140 cm³/mol. The summed E-state index contributed by atoms with van der Waals surface area (Å²) in [5.74, 6) is -6.89. The summed E-state index contributed by atoms with van der Waals surface area (Å²) in [6.45, 7) is -0.0412. The third kappa shape index (κ3) is 3.66. The maximum absolute atomic E-state index is 13.7. The van der Waals surface area contributed by atoms with E-state index < -0.39 is 63.0 Å². The number of carbonyl (C=O) groups is 5. The molecule has 0 bridgehead atoms. The molecule has 3 fully saturated rings. The smallest absolute Gasteiger partial charge is 0.303 e. The lowest BCUT2D eigenvalue weighted by atomic mass is 9.56. The molecule has 0 spiro atoms. The molecule has 1 aromatic carbocycles. The highest BCUT2D eigenvalue weighted by molar-refractivity contribution is 6.53. The highest BCUT2D eigenvalue weighted by atomic mass is 35.5. The van der Waals surface area contributed by atoms with Crippen LogP contribution in [0.4, 0.5) is 0 Å². The van der Waals surface area contributed by atoms with E-state index in [1.54, 1.807) is 6.08 Å². The number of fused-ring (bicyclic) bond motifs is 4. The van der Waals surface area contributed by atoms with Crippen LogP contribution >= 0.6 is 23.2 Å². The van der Waals surface area contributed by atoms with E-state index in [0.717, 1.165) is 9.80 Å². The van der Waals surface area contributed by atoms with Crippen molar-refractivity contribution in [3.63, 3.8) is 0 Å². The van der Waals surface area contributed by atoms with Crippen LogP contribution in [0.1, 0.15) is 37.2 Å². The molecule has 0 aromatic heterocycles. The van der Waals surface area contributed by atoms with Gasteiger partial charge in [0.15, 0.2) is 21.2 Å². The van der Waals surface area contributed by atoms with Crippen molar-refractivity contribution in [1.29, 1.82) is 0 Å². The lowest BCUT2D eigenvalue weighted by molar-refractivity contribution is -0.142. The number of phenolic OH excluding ortho intramolecular Hbond substituents is 1. The number of likely N-dealkylation sites (tertiary alicyclic amines) is 2. The number of alkyl halides is 2. The number of amides is 4. The second kappa shape index (κ2) is 9.66. The van der Waals surface area contributed by atoms with Gasteiger partial charge in [0.2, 0.25) is 17.6 Å². The average Bonchev–Trinajstić information content (AvgIpc) is 3.23. The Morgan fingerprint density at radius 2 is 1.68 bits per heavy atom. The SMILES string of the molecule is COc1cc(C2C3=CCC4C(=O)N(CCCC(=O)O)C(=O)C4C3CC3(Cl)C(=O)N(C)C(=O)C23Cl)cc(OC)c1O. The van der Waals surface area contributed by atoms with Crippen LogP contribution in [-0.4, -0.2) is 87.2 Å². The van der Waals surface area contributed by atoms with Crippen LogP contribution in [0.5, 0.6) is 17.2 Å². The Morgan fingerprint density at radius 1 is 1.05 bits per heavy atom. The molecule has 2 N–H and O–H groups in total. The molecule has 2 aliphatic carbocycles. The predicted octanol–water partition coefficient (Wildman–Crippen LogP) is 2.26. The fourth-order valence-electron chi connectivity index (χ4n) is 6.87. The molecule has 1 saturated carbocycles. The third-order valence-corrected chi connectivity index (χ3v) is 10.1. The number of allylic oxidation sites excluding steroid dienone is 2. The van der Waals surface area contributed by atoms with E-state index in [4.69, 9.17) is 37.8 Å². The molecular weight excluding hydrogens is 567 g/mol. The molecule has 4 amide bonds. The van der Waals surface area contributed by atoms with Crippen molar-refractivity contribution in [3.8, 4) is 17.2 Å². The Hall–Kier alpha value is -3.31. The number of hydrogen-bond donors (Lipinski definition) is 2. The highest BCUT2D eigenvalue weighted by Crippen LogP contribution is 2.65. The van der Waals surface area contributed by atoms with Crippen molar-refractivity contribution in [3.05, 3.63) is 29.3 Å². The number of rotatable bonds is 7. The number of methoxy groups -OCH3 is 2. The van der Waals surface area contributed by atoms with Gasteiger partial charge in [0.05, 0.1) is 26.1 Å². The van der Waals surface area contributed by atoms with E-state index in [-0.39, 0.29) is 49.5 Å². The van der Waals surface area contributed by atoms with Gasteiger partial charge in [0.25, 0.3) is 11.8 Å². The Bertz CT molecular complexity index is 1350. The molecule has 5 rings (SSSR count). The van der Waals surface area contributed by atoms with E-state index in [2.05, 4.69) is 0 Å².